The highest BCUT2D eigenvalue weighted by Crippen LogP contribution is 2.28. The Hall–Kier alpha value is -0.850. The average molecular weight is 180 g/mol. The zero-order valence-corrected chi connectivity index (χ0v) is 8.60. The second-order valence-corrected chi connectivity index (χ2v) is 4.14. The Morgan fingerprint density at radius 1 is 1.31 bits per heavy atom. The topological polar surface area (TPSA) is 0 Å². The van der Waals surface area contributed by atoms with Crippen molar-refractivity contribution in [2.24, 2.45) is 0 Å². The predicted molar refractivity (Wildman–Crippen MR) is 54.3 cm³/mol. The summed E-state index contributed by atoms with van der Waals surface area (Å²) >= 11 is 0. The van der Waals surface area contributed by atoms with E-state index in [4.69, 9.17) is 0 Å². The van der Waals surface area contributed by atoms with Crippen LogP contribution in [-0.2, 0) is 5.41 Å². The van der Waals surface area contributed by atoms with Crippen LogP contribution in [0.3, 0.4) is 0 Å². The molecule has 0 aliphatic carbocycles. The van der Waals surface area contributed by atoms with Crippen molar-refractivity contribution in [1.29, 1.82) is 0 Å². The third-order valence-corrected chi connectivity index (χ3v) is 2.48. The van der Waals surface area contributed by atoms with Crippen LogP contribution in [0, 0.1) is 5.82 Å². The van der Waals surface area contributed by atoms with Crippen LogP contribution >= 0.6 is 0 Å². The van der Waals surface area contributed by atoms with Gasteiger partial charge in [0.05, 0.1) is 0 Å². The number of rotatable bonds is 3. The van der Waals surface area contributed by atoms with Gasteiger partial charge in [-0.15, -0.1) is 0 Å². The van der Waals surface area contributed by atoms with Gasteiger partial charge in [-0.2, -0.15) is 0 Å². The summed E-state index contributed by atoms with van der Waals surface area (Å²) in [5.41, 5.74) is 1.19. The summed E-state index contributed by atoms with van der Waals surface area (Å²) in [6, 6.07) is 6.90. The average Bonchev–Trinajstić information content (AvgIpc) is 2.04. The molecule has 0 nitrogen and oxygen atoms in total. The summed E-state index contributed by atoms with van der Waals surface area (Å²) in [7, 11) is 0. The van der Waals surface area contributed by atoms with Crippen molar-refractivity contribution in [3.63, 3.8) is 0 Å². The van der Waals surface area contributed by atoms with Gasteiger partial charge in [-0.25, -0.2) is 4.39 Å². The molecule has 0 saturated carbocycles. The normalized spacial score (nSPS) is 11.7. The van der Waals surface area contributed by atoms with E-state index in [1.807, 2.05) is 6.07 Å². The van der Waals surface area contributed by atoms with Crippen LogP contribution in [0.2, 0.25) is 0 Å². The maximum atomic E-state index is 12.9. The first-order chi connectivity index (χ1) is 6.06. The van der Waals surface area contributed by atoms with Gasteiger partial charge in [-0.1, -0.05) is 39.3 Å². The Bertz CT molecular complexity index is 276. The molecule has 1 aromatic rings. The third kappa shape index (κ3) is 2.55. The standard InChI is InChI=1S/C12H17F/c1-4-8-12(2,3)10-6-5-7-11(13)9-10/h5-7,9H,4,8H2,1-3H3. The molecular formula is C12H17F. The van der Waals surface area contributed by atoms with E-state index in [1.54, 1.807) is 12.1 Å². The molecule has 1 rings (SSSR count). The van der Waals surface area contributed by atoms with Crippen LogP contribution in [0.25, 0.3) is 0 Å². The van der Waals surface area contributed by atoms with E-state index in [0.717, 1.165) is 18.4 Å². The molecule has 0 N–H and O–H groups in total. The fourth-order valence-electron chi connectivity index (χ4n) is 1.68. The van der Waals surface area contributed by atoms with Crippen molar-refractivity contribution in [1.82, 2.24) is 0 Å². The zero-order chi connectivity index (χ0) is 9.90. The summed E-state index contributed by atoms with van der Waals surface area (Å²) in [6.07, 6.45) is 2.22. The fourth-order valence-corrected chi connectivity index (χ4v) is 1.68. The van der Waals surface area contributed by atoms with E-state index in [2.05, 4.69) is 20.8 Å². The molecule has 0 aliphatic heterocycles. The lowest BCUT2D eigenvalue weighted by atomic mass is 9.81. The van der Waals surface area contributed by atoms with Crippen molar-refractivity contribution in [3.8, 4) is 0 Å². The first kappa shape index (κ1) is 10.2. The van der Waals surface area contributed by atoms with Crippen LogP contribution in [0.1, 0.15) is 39.2 Å². The molecule has 1 heteroatoms. The number of benzene rings is 1. The molecule has 0 aliphatic rings. The number of halogens is 1. The van der Waals surface area contributed by atoms with E-state index in [-0.39, 0.29) is 11.2 Å². The van der Waals surface area contributed by atoms with Crippen LogP contribution in [-0.4, -0.2) is 0 Å². The van der Waals surface area contributed by atoms with Crippen molar-refractivity contribution < 1.29 is 4.39 Å². The summed E-state index contributed by atoms with van der Waals surface area (Å²) in [5, 5.41) is 0. The Kier molecular flexibility index (Phi) is 3.07. The highest BCUT2D eigenvalue weighted by molar-refractivity contribution is 5.24. The van der Waals surface area contributed by atoms with Crippen molar-refractivity contribution >= 4 is 0 Å². The van der Waals surface area contributed by atoms with Crippen LogP contribution in [0.4, 0.5) is 4.39 Å². The molecule has 0 radical (unpaired) electrons. The second-order valence-electron chi connectivity index (χ2n) is 4.14. The molecule has 0 saturated heterocycles. The minimum atomic E-state index is -0.137. The van der Waals surface area contributed by atoms with Gasteiger partial charge >= 0.3 is 0 Å². The molecule has 0 unspecified atom stereocenters. The maximum absolute atomic E-state index is 12.9. The van der Waals surface area contributed by atoms with E-state index in [0.29, 0.717) is 0 Å². The van der Waals surface area contributed by atoms with Gasteiger partial charge in [0.25, 0.3) is 0 Å². The predicted octanol–water partition coefficient (Wildman–Crippen LogP) is 3.90. The first-order valence-corrected chi connectivity index (χ1v) is 4.82. The Labute approximate surface area is 79.8 Å². The molecule has 1 aromatic carbocycles. The van der Waals surface area contributed by atoms with Gasteiger partial charge in [0, 0.05) is 0 Å². The summed E-state index contributed by atoms with van der Waals surface area (Å²) in [4.78, 5) is 0. The van der Waals surface area contributed by atoms with Crippen molar-refractivity contribution in [2.75, 3.05) is 0 Å². The van der Waals surface area contributed by atoms with Gasteiger partial charge < -0.3 is 0 Å². The highest BCUT2D eigenvalue weighted by atomic mass is 19.1. The van der Waals surface area contributed by atoms with Crippen molar-refractivity contribution in [3.05, 3.63) is 35.6 Å². The maximum Gasteiger partial charge on any atom is 0.123 e. The Morgan fingerprint density at radius 2 is 2.00 bits per heavy atom. The highest BCUT2D eigenvalue weighted by Gasteiger charge is 2.19. The van der Waals surface area contributed by atoms with Gasteiger partial charge in [-0.3, -0.25) is 0 Å². The fraction of sp³-hybridized carbons (Fsp3) is 0.500. The minimum absolute atomic E-state index is 0.0941. The first-order valence-electron chi connectivity index (χ1n) is 4.82. The lowest BCUT2D eigenvalue weighted by Gasteiger charge is -2.24. The minimum Gasteiger partial charge on any atom is -0.207 e. The lowest BCUT2D eigenvalue weighted by molar-refractivity contribution is 0.469. The summed E-state index contributed by atoms with van der Waals surface area (Å²) < 4.78 is 12.9. The monoisotopic (exact) mass is 180 g/mol. The SMILES string of the molecule is CCCC(C)(C)c1cccc(F)c1. The van der Waals surface area contributed by atoms with Crippen LogP contribution < -0.4 is 0 Å². The molecule has 0 aromatic heterocycles. The molecule has 13 heavy (non-hydrogen) atoms. The van der Waals surface area contributed by atoms with Gasteiger partial charge in [0.2, 0.25) is 0 Å². The zero-order valence-electron chi connectivity index (χ0n) is 8.60. The van der Waals surface area contributed by atoms with Gasteiger partial charge in [0.15, 0.2) is 0 Å². The van der Waals surface area contributed by atoms with Gasteiger partial charge in [-0.05, 0) is 29.5 Å². The Morgan fingerprint density at radius 3 is 2.54 bits per heavy atom. The molecule has 0 bridgehead atoms. The molecule has 0 spiro atoms. The molecule has 0 atom stereocenters. The smallest absolute Gasteiger partial charge is 0.123 e. The van der Waals surface area contributed by atoms with E-state index >= 15 is 0 Å². The van der Waals surface area contributed by atoms with Crippen LogP contribution in [0.5, 0.6) is 0 Å². The van der Waals surface area contributed by atoms with E-state index in [9.17, 15) is 4.39 Å². The van der Waals surface area contributed by atoms with E-state index in [1.165, 1.54) is 6.07 Å². The quantitative estimate of drug-likeness (QED) is 0.661. The largest absolute Gasteiger partial charge is 0.207 e. The Balaban J connectivity index is 2.93. The van der Waals surface area contributed by atoms with Gasteiger partial charge in [0.1, 0.15) is 5.82 Å². The second kappa shape index (κ2) is 3.91. The molecule has 0 heterocycles. The molecule has 0 amide bonds. The number of hydrogen-bond acceptors (Lipinski definition) is 0. The molecular weight excluding hydrogens is 163 g/mol. The number of hydrogen-bond donors (Lipinski definition) is 0. The lowest BCUT2D eigenvalue weighted by Crippen LogP contribution is -2.16. The molecule has 0 fully saturated rings. The molecule has 72 valence electrons. The summed E-state index contributed by atoms with van der Waals surface area (Å²) in [6.45, 7) is 6.47. The third-order valence-electron chi connectivity index (χ3n) is 2.48. The summed E-state index contributed by atoms with van der Waals surface area (Å²) in [5.74, 6) is -0.137. The van der Waals surface area contributed by atoms with E-state index < -0.39 is 0 Å². The van der Waals surface area contributed by atoms with Crippen LogP contribution in [0.15, 0.2) is 24.3 Å². The van der Waals surface area contributed by atoms with Crippen molar-refractivity contribution in [2.45, 2.75) is 39.0 Å².